The van der Waals surface area contributed by atoms with Crippen LogP contribution < -0.4 is 5.32 Å². The number of β-amino-alcohol motifs (C(OH)–C–C–N with tert-alkyl or cyclic N) is 1. The standard InChI is InChI=1S/C26H37N3O4/c1-26(2,27-18-24(32)21-14-22(30)16-23(31)15-21)17-20-7-4-6-19(12-20)13-25(33)29-9-5-8-28(3)10-11-29/h4,6-7,12,14-16,24,27,30-32H,5,8-11,13,17-18H2,1-3H3. The molecule has 0 radical (unpaired) electrons. The SMILES string of the molecule is CN1CCCN(C(=O)Cc2cccc(CC(C)(C)NCC(O)c3cc(O)cc(O)c3)c2)CC1. The summed E-state index contributed by atoms with van der Waals surface area (Å²) in [4.78, 5) is 17.1. The maximum absolute atomic E-state index is 12.8. The number of aliphatic hydroxyl groups is 1. The van der Waals surface area contributed by atoms with E-state index in [0.717, 1.165) is 50.1 Å². The van der Waals surface area contributed by atoms with Crippen molar-refractivity contribution in [1.29, 1.82) is 0 Å². The summed E-state index contributed by atoms with van der Waals surface area (Å²) in [6.07, 6.45) is 1.28. The maximum atomic E-state index is 12.8. The van der Waals surface area contributed by atoms with Crippen molar-refractivity contribution in [3.8, 4) is 11.5 Å². The number of carbonyl (C=O) groups is 1. The van der Waals surface area contributed by atoms with Crippen molar-refractivity contribution in [2.24, 2.45) is 0 Å². The van der Waals surface area contributed by atoms with Crippen molar-refractivity contribution in [3.63, 3.8) is 0 Å². The minimum atomic E-state index is -0.862. The Bertz CT molecular complexity index is 927. The van der Waals surface area contributed by atoms with Gasteiger partial charge in [-0.15, -0.1) is 0 Å². The van der Waals surface area contributed by atoms with Gasteiger partial charge in [0.05, 0.1) is 12.5 Å². The van der Waals surface area contributed by atoms with Gasteiger partial charge >= 0.3 is 0 Å². The summed E-state index contributed by atoms with van der Waals surface area (Å²) in [6, 6.07) is 12.3. The van der Waals surface area contributed by atoms with E-state index in [-0.39, 0.29) is 29.5 Å². The molecule has 2 aromatic carbocycles. The molecule has 180 valence electrons. The van der Waals surface area contributed by atoms with Gasteiger partial charge < -0.3 is 30.4 Å². The van der Waals surface area contributed by atoms with E-state index >= 15 is 0 Å². The summed E-state index contributed by atoms with van der Waals surface area (Å²) >= 11 is 0. The highest BCUT2D eigenvalue weighted by molar-refractivity contribution is 5.78. The number of benzene rings is 2. The topological polar surface area (TPSA) is 96.3 Å². The van der Waals surface area contributed by atoms with Crippen LogP contribution in [0.25, 0.3) is 0 Å². The molecule has 1 aliphatic rings. The number of phenols is 2. The largest absolute Gasteiger partial charge is 0.508 e. The van der Waals surface area contributed by atoms with Crippen LogP contribution in [0.1, 0.15) is 43.1 Å². The molecule has 0 aliphatic carbocycles. The Kier molecular flexibility index (Phi) is 8.35. The van der Waals surface area contributed by atoms with E-state index in [1.165, 1.54) is 18.2 Å². The van der Waals surface area contributed by atoms with E-state index in [2.05, 4.69) is 43.2 Å². The summed E-state index contributed by atoms with van der Waals surface area (Å²) < 4.78 is 0. The number of hydrogen-bond acceptors (Lipinski definition) is 6. The molecule has 1 fully saturated rings. The first kappa shape index (κ1) is 25.0. The fraction of sp³-hybridized carbons (Fsp3) is 0.500. The molecule has 0 bridgehead atoms. The van der Waals surface area contributed by atoms with Crippen molar-refractivity contribution >= 4 is 5.91 Å². The van der Waals surface area contributed by atoms with Crippen LogP contribution in [-0.4, -0.2) is 76.3 Å². The predicted molar refractivity (Wildman–Crippen MR) is 129 cm³/mol. The number of aromatic hydroxyl groups is 2. The van der Waals surface area contributed by atoms with Gasteiger partial charge in [0, 0.05) is 37.8 Å². The molecular weight excluding hydrogens is 418 g/mol. The molecule has 1 heterocycles. The molecule has 3 rings (SSSR count). The zero-order valence-electron chi connectivity index (χ0n) is 19.9. The van der Waals surface area contributed by atoms with Crippen LogP contribution in [0, 0.1) is 0 Å². The van der Waals surface area contributed by atoms with Gasteiger partial charge in [-0.1, -0.05) is 24.3 Å². The lowest BCUT2D eigenvalue weighted by Gasteiger charge is -2.28. The molecule has 1 saturated heterocycles. The molecule has 7 heteroatoms. The third kappa shape index (κ3) is 7.74. The second kappa shape index (κ2) is 11.0. The number of nitrogens with one attached hydrogen (secondary N) is 1. The third-order valence-corrected chi connectivity index (χ3v) is 6.15. The molecule has 0 aromatic heterocycles. The van der Waals surface area contributed by atoms with E-state index in [1.54, 1.807) is 0 Å². The molecule has 33 heavy (non-hydrogen) atoms. The Morgan fingerprint density at radius 1 is 1.03 bits per heavy atom. The first-order chi connectivity index (χ1) is 15.6. The van der Waals surface area contributed by atoms with E-state index in [0.29, 0.717) is 12.0 Å². The van der Waals surface area contributed by atoms with Crippen LogP contribution in [-0.2, 0) is 17.6 Å². The van der Waals surface area contributed by atoms with Crippen molar-refractivity contribution in [3.05, 3.63) is 59.2 Å². The maximum Gasteiger partial charge on any atom is 0.227 e. The quantitative estimate of drug-likeness (QED) is 0.488. The van der Waals surface area contributed by atoms with E-state index < -0.39 is 6.10 Å². The van der Waals surface area contributed by atoms with Gasteiger partial charge in [-0.3, -0.25) is 4.79 Å². The average Bonchev–Trinajstić information content (AvgIpc) is 2.96. The lowest BCUT2D eigenvalue weighted by atomic mass is 9.93. The fourth-order valence-corrected chi connectivity index (χ4v) is 4.31. The van der Waals surface area contributed by atoms with Gasteiger partial charge in [-0.05, 0) is 69.1 Å². The lowest BCUT2D eigenvalue weighted by Crippen LogP contribution is -2.43. The van der Waals surface area contributed by atoms with Crippen LogP contribution in [0.2, 0.25) is 0 Å². The summed E-state index contributed by atoms with van der Waals surface area (Å²) in [6.45, 7) is 7.95. The number of aliphatic hydroxyl groups excluding tert-OH is 1. The Balaban J connectivity index is 1.56. The molecule has 1 atom stereocenters. The number of carbonyl (C=O) groups excluding carboxylic acids is 1. The van der Waals surface area contributed by atoms with Crippen LogP contribution in [0.5, 0.6) is 11.5 Å². The fourth-order valence-electron chi connectivity index (χ4n) is 4.31. The van der Waals surface area contributed by atoms with Crippen molar-refractivity contribution in [2.75, 3.05) is 39.8 Å². The Morgan fingerprint density at radius 3 is 2.45 bits per heavy atom. The number of hydrogen-bond donors (Lipinski definition) is 4. The van der Waals surface area contributed by atoms with Gasteiger partial charge in [-0.2, -0.15) is 0 Å². The zero-order valence-corrected chi connectivity index (χ0v) is 19.9. The number of rotatable bonds is 8. The Hall–Kier alpha value is -2.61. The van der Waals surface area contributed by atoms with Gasteiger partial charge in [-0.25, -0.2) is 0 Å². The van der Waals surface area contributed by atoms with Crippen LogP contribution in [0.15, 0.2) is 42.5 Å². The molecule has 1 unspecified atom stereocenters. The molecular formula is C26H37N3O4. The number of nitrogens with zero attached hydrogens (tertiary/aromatic N) is 2. The molecule has 1 amide bonds. The van der Waals surface area contributed by atoms with Crippen LogP contribution in [0.4, 0.5) is 0 Å². The van der Waals surface area contributed by atoms with Crippen molar-refractivity contribution < 1.29 is 20.1 Å². The predicted octanol–water partition coefficient (Wildman–Crippen LogP) is 2.45. The number of amides is 1. The smallest absolute Gasteiger partial charge is 0.227 e. The highest BCUT2D eigenvalue weighted by Crippen LogP contribution is 2.25. The highest BCUT2D eigenvalue weighted by atomic mass is 16.3. The van der Waals surface area contributed by atoms with E-state index in [4.69, 9.17) is 0 Å². The molecule has 4 N–H and O–H groups in total. The zero-order chi connectivity index (χ0) is 24.0. The second-order valence-electron chi connectivity index (χ2n) is 9.77. The Morgan fingerprint density at radius 2 is 1.73 bits per heavy atom. The molecule has 0 spiro atoms. The first-order valence-electron chi connectivity index (χ1n) is 11.6. The normalized spacial score (nSPS) is 16.4. The molecule has 2 aromatic rings. The van der Waals surface area contributed by atoms with Gasteiger partial charge in [0.1, 0.15) is 11.5 Å². The first-order valence-corrected chi connectivity index (χ1v) is 11.6. The number of likely N-dealkylation sites (N-methyl/N-ethyl adjacent to an activating group) is 1. The van der Waals surface area contributed by atoms with E-state index in [9.17, 15) is 20.1 Å². The Labute approximate surface area is 196 Å². The van der Waals surface area contributed by atoms with Crippen molar-refractivity contribution in [2.45, 2.75) is 44.8 Å². The highest BCUT2D eigenvalue weighted by Gasteiger charge is 2.21. The average molecular weight is 456 g/mol. The van der Waals surface area contributed by atoms with E-state index in [1.807, 2.05) is 17.0 Å². The third-order valence-electron chi connectivity index (χ3n) is 6.15. The number of phenolic OH excluding ortho intramolecular Hbond substituents is 2. The van der Waals surface area contributed by atoms with Gasteiger partial charge in [0.25, 0.3) is 0 Å². The summed E-state index contributed by atoms with van der Waals surface area (Å²) in [7, 11) is 2.10. The molecule has 1 aliphatic heterocycles. The van der Waals surface area contributed by atoms with Crippen molar-refractivity contribution in [1.82, 2.24) is 15.1 Å². The van der Waals surface area contributed by atoms with Crippen LogP contribution >= 0.6 is 0 Å². The van der Waals surface area contributed by atoms with Crippen LogP contribution in [0.3, 0.4) is 0 Å². The summed E-state index contributed by atoms with van der Waals surface area (Å²) in [5.41, 5.74) is 2.28. The van der Waals surface area contributed by atoms with Gasteiger partial charge in [0.15, 0.2) is 0 Å². The summed E-state index contributed by atoms with van der Waals surface area (Å²) in [5.74, 6) is 0.0149. The molecule has 0 saturated carbocycles. The second-order valence-corrected chi connectivity index (χ2v) is 9.77. The monoisotopic (exact) mass is 455 g/mol. The molecule has 7 nitrogen and oxygen atoms in total. The van der Waals surface area contributed by atoms with Gasteiger partial charge in [0.2, 0.25) is 5.91 Å². The summed E-state index contributed by atoms with van der Waals surface area (Å²) in [5, 5.41) is 33.1. The lowest BCUT2D eigenvalue weighted by molar-refractivity contribution is -0.130. The minimum Gasteiger partial charge on any atom is -0.508 e. The minimum absolute atomic E-state index is 0.0816.